The number of ether oxygens (including phenoxy) is 1. The molecule has 3 aromatic rings. The van der Waals surface area contributed by atoms with Crippen molar-refractivity contribution in [2.45, 2.75) is 32.9 Å². The maximum atomic E-state index is 6.63. The predicted octanol–water partition coefficient (Wildman–Crippen LogP) is 4.89. The summed E-state index contributed by atoms with van der Waals surface area (Å²) in [5.41, 5.74) is 4.91. The van der Waals surface area contributed by atoms with Crippen LogP contribution in [0, 0.1) is 0 Å². The van der Waals surface area contributed by atoms with Gasteiger partial charge in [-0.15, -0.1) is 0 Å². The van der Waals surface area contributed by atoms with Crippen LogP contribution < -0.4 is 10.1 Å². The van der Waals surface area contributed by atoms with Crippen molar-refractivity contribution in [1.82, 2.24) is 9.88 Å². The first-order valence-corrected chi connectivity index (χ1v) is 9.29. The average molecular weight is 355 g/mol. The summed E-state index contributed by atoms with van der Waals surface area (Å²) in [6.45, 7) is 7.06. The molecule has 0 saturated carbocycles. The Bertz CT molecular complexity index is 914. The fraction of sp³-hybridized carbons (Fsp3) is 0.333. The molecule has 4 rings (SSSR count). The molecule has 2 aromatic carbocycles. The molecule has 0 saturated heterocycles. The van der Waals surface area contributed by atoms with E-state index in [9.17, 15) is 0 Å². The van der Waals surface area contributed by atoms with Crippen LogP contribution in [0.4, 0.5) is 0 Å². The van der Waals surface area contributed by atoms with Gasteiger partial charge in [0.25, 0.3) is 0 Å². The van der Waals surface area contributed by atoms with Gasteiger partial charge in [-0.25, -0.2) is 0 Å². The number of halogens is 1. The van der Waals surface area contributed by atoms with Crippen molar-refractivity contribution in [3.05, 3.63) is 53.2 Å². The van der Waals surface area contributed by atoms with Crippen molar-refractivity contribution in [3.8, 4) is 16.9 Å². The normalized spacial score (nSPS) is 14.6. The highest BCUT2D eigenvalue weighted by Crippen LogP contribution is 2.37. The summed E-state index contributed by atoms with van der Waals surface area (Å²) in [4.78, 5) is 0. The topological polar surface area (TPSA) is 26.2 Å². The summed E-state index contributed by atoms with van der Waals surface area (Å²) in [5, 5.41) is 5.49. The third-order valence-electron chi connectivity index (χ3n) is 4.68. The standard InChI is InChI=1S/C21H23ClN2O/c1-14(2)25-17-6-7-18(20(22)13-17)19-5-3-4-15-12-16-8-9-23-10-11-24(16)21(15)19/h3-7,12-14,23H,8-11H2,1-2H3. The van der Waals surface area contributed by atoms with E-state index in [-0.39, 0.29) is 6.10 Å². The van der Waals surface area contributed by atoms with Gasteiger partial charge in [0.15, 0.2) is 0 Å². The van der Waals surface area contributed by atoms with Gasteiger partial charge >= 0.3 is 0 Å². The zero-order chi connectivity index (χ0) is 17.4. The van der Waals surface area contributed by atoms with E-state index in [1.807, 2.05) is 26.0 Å². The van der Waals surface area contributed by atoms with E-state index in [0.717, 1.165) is 42.4 Å². The number of hydrogen-bond donors (Lipinski definition) is 1. The van der Waals surface area contributed by atoms with Gasteiger partial charge in [-0.05, 0) is 38.1 Å². The molecule has 1 N–H and O–H groups in total. The lowest BCUT2D eigenvalue weighted by molar-refractivity contribution is 0.242. The minimum Gasteiger partial charge on any atom is -0.491 e. The first-order chi connectivity index (χ1) is 12.1. The molecule has 1 aromatic heterocycles. The molecule has 0 radical (unpaired) electrons. The molecule has 0 bridgehead atoms. The Morgan fingerprint density at radius 2 is 1.96 bits per heavy atom. The number of rotatable bonds is 3. The van der Waals surface area contributed by atoms with Crippen LogP contribution in [-0.4, -0.2) is 23.8 Å². The molecule has 4 heteroatoms. The molecule has 0 unspecified atom stereocenters. The van der Waals surface area contributed by atoms with Gasteiger partial charge in [0, 0.05) is 48.3 Å². The molecule has 0 fully saturated rings. The molecule has 0 amide bonds. The van der Waals surface area contributed by atoms with E-state index in [2.05, 4.69) is 40.2 Å². The van der Waals surface area contributed by atoms with E-state index in [4.69, 9.17) is 16.3 Å². The fourth-order valence-corrected chi connectivity index (χ4v) is 3.92. The van der Waals surface area contributed by atoms with Gasteiger partial charge in [0.2, 0.25) is 0 Å². The quantitative estimate of drug-likeness (QED) is 0.724. The number of fused-ring (bicyclic) bond motifs is 3. The van der Waals surface area contributed by atoms with Crippen LogP contribution >= 0.6 is 11.6 Å². The first kappa shape index (κ1) is 16.5. The first-order valence-electron chi connectivity index (χ1n) is 8.92. The number of aromatic nitrogens is 1. The van der Waals surface area contributed by atoms with Crippen molar-refractivity contribution >= 4 is 22.5 Å². The van der Waals surface area contributed by atoms with E-state index in [1.54, 1.807) is 0 Å². The van der Waals surface area contributed by atoms with Crippen molar-refractivity contribution in [2.75, 3.05) is 13.1 Å². The van der Waals surface area contributed by atoms with E-state index < -0.39 is 0 Å². The monoisotopic (exact) mass is 354 g/mol. The predicted molar refractivity (Wildman–Crippen MR) is 105 cm³/mol. The molecular weight excluding hydrogens is 332 g/mol. The Morgan fingerprint density at radius 1 is 1.08 bits per heavy atom. The Kier molecular flexibility index (Phi) is 4.45. The Labute approximate surface area is 153 Å². The molecule has 0 atom stereocenters. The second-order valence-electron chi connectivity index (χ2n) is 6.84. The summed E-state index contributed by atoms with van der Waals surface area (Å²) in [6.07, 6.45) is 1.20. The number of benzene rings is 2. The maximum Gasteiger partial charge on any atom is 0.121 e. The minimum absolute atomic E-state index is 0.138. The Morgan fingerprint density at radius 3 is 2.76 bits per heavy atom. The third kappa shape index (κ3) is 3.14. The largest absolute Gasteiger partial charge is 0.491 e. The highest BCUT2D eigenvalue weighted by Gasteiger charge is 2.16. The van der Waals surface area contributed by atoms with E-state index in [1.165, 1.54) is 22.2 Å². The molecule has 1 aliphatic rings. The molecule has 1 aliphatic heterocycles. The smallest absolute Gasteiger partial charge is 0.121 e. The molecule has 2 heterocycles. The van der Waals surface area contributed by atoms with Crippen molar-refractivity contribution in [3.63, 3.8) is 0 Å². The highest BCUT2D eigenvalue weighted by molar-refractivity contribution is 6.33. The SMILES string of the molecule is CC(C)Oc1ccc(-c2cccc3cc4n(c23)CCNCC4)c(Cl)c1. The van der Waals surface area contributed by atoms with Crippen LogP contribution in [0.15, 0.2) is 42.5 Å². The van der Waals surface area contributed by atoms with Crippen LogP contribution in [0.5, 0.6) is 5.75 Å². The second kappa shape index (κ2) is 6.74. The van der Waals surface area contributed by atoms with Gasteiger partial charge in [0.05, 0.1) is 16.6 Å². The van der Waals surface area contributed by atoms with Crippen LogP contribution in [-0.2, 0) is 13.0 Å². The van der Waals surface area contributed by atoms with Gasteiger partial charge < -0.3 is 14.6 Å². The lowest BCUT2D eigenvalue weighted by Crippen LogP contribution is -2.17. The highest BCUT2D eigenvalue weighted by atomic mass is 35.5. The summed E-state index contributed by atoms with van der Waals surface area (Å²) in [5.74, 6) is 0.814. The van der Waals surface area contributed by atoms with Gasteiger partial charge in [-0.2, -0.15) is 0 Å². The summed E-state index contributed by atoms with van der Waals surface area (Å²) in [6, 6.07) is 14.8. The van der Waals surface area contributed by atoms with Crippen LogP contribution in [0.2, 0.25) is 5.02 Å². The van der Waals surface area contributed by atoms with Crippen molar-refractivity contribution in [1.29, 1.82) is 0 Å². The number of nitrogens with one attached hydrogen (secondary N) is 1. The third-order valence-corrected chi connectivity index (χ3v) is 4.99. The molecular formula is C21H23ClN2O. The van der Waals surface area contributed by atoms with E-state index >= 15 is 0 Å². The molecule has 0 aliphatic carbocycles. The molecule has 0 spiro atoms. The maximum absolute atomic E-state index is 6.63. The van der Waals surface area contributed by atoms with Gasteiger partial charge in [0.1, 0.15) is 5.75 Å². The summed E-state index contributed by atoms with van der Waals surface area (Å²) >= 11 is 6.63. The van der Waals surface area contributed by atoms with Crippen LogP contribution in [0.3, 0.4) is 0 Å². The fourth-order valence-electron chi connectivity index (χ4n) is 3.65. The Hall–Kier alpha value is -1.97. The molecule has 130 valence electrons. The lowest BCUT2D eigenvalue weighted by Gasteiger charge is -2.14. The summed E-state index contributed by atoms with van der Waals surface area (Å²) in [7, 11) is 0. The van der Waals surface area contributed by atoms with Crippen LogP contribution in [0.25, 0.3) is 22.0 Å². The minimum atomic E-state index is 0.138. The van der Waals surface area contributed by atoms with Crippen molar-refractivity contribution < 1.29 is 4.74 Å². The number of nitrogens with zero attached hydrogens (tertiary/aromatic N) is 1. The van der Waals surface area contributed by atoms with Gasteiger partial charge in [-0.1, -0.05) is 29.8 Å². The zero-order valence-corrected chi connectivity index (χ0v) is 15.4. The van der Waals surface area contributed by atoms with E-state index in [0.29, 0.717) is 0 Å². The van der Waals surface area contributed by atoms with Crippen molar-refractivity contribution in [2.24, 2.45) is 0 Å². The van der Waals surface area contributed by atoms with Gasteiger partial charge in [-0.3, -0.25) is 0 Å². The summed E-state index contributed by atoms with van der Waals surface area (Å²) < 4.78 is 8.21. The zero-order valence-electron chi connectivity index (χ0n) is 14.7. The lowest BCUT2D eigenvalue weighted by atomic mass is 10.0. The molecule has 25 heavy (non-hydrogen) atoms. The van der Waals surface area contributed by atoms with Crippen LogP contribution in [0.1, 0.15) is 19.5 Å². The Balaban J connectivity index is 1.85. The average Bonchev–Trinajstić information content (AvgIpc) is 2.77. The number of para-hydroxylation sites is 1. The number of hydrogen-bond acceptors (Lipinski definition) is 2. The molecule has 3 nitrogen and oxygen atoms in total. The second-order valence-corrected chi connectivity index (χ2v) is 7.25.